The van der Waals surface area contributed by atoms with Gasteiger partial charge in [-0.15, -0.1) is 6.58 Å². The Morgan fingerprint density at radius 3 is 2.47 bits per heavy atom. The Balaban J connectivity index is 1.89. The summed E-state index contributed by atoms with van der Waals surface area (Å²) >= 11 is 0. The van der Waals surface area contributed by atoms with Crippen molar-refractivity contribution >= 4 is 11.8 Å². The first-order valence-corrected chi connectivity index (χ1v) is 5.39. The van der Waals surface area contributed by atoms with Gasteiger partial charge in [0.1, 0.15) is 5.41 Å². The number of rotatable bonds is 5. The van der Waals surface area contributed by atoms with E-state index in [-0.39, 0.29) is 11.8 Å². The van der Waals surface area contributed by atoms with Gasteiger partial charge >= 0.3 is 0 Å². The van der Waals surface area contributed by atoms with Gasteiger partial charge in [0.2, 0.25) is 11.8 Å². The summed E-state index contributed by atoms with van der Waals surface area (Å²) in [6, 6.07) is 0.321. The molecule has 2 saturated carbocycles. The van der Waals surface area contributed by atoms with Gasteiger partial charge in [0.25, 0.3) is 0 Å². The summed E-state index contributed by atoms with van der Waals surface area (Å²) in [6.07, 6.45) is 5.07. The van der Waals surface area contributed by atoms with Crippen molar-refractivity contribution in [2.45, 2.75) is 31.7 Å². The predicted molar refractivity (Wildman–Crippen MR) is 56.0 cm³/mol. The predicted octanol–water partition coefficient (Wildman–Crippen LogP) is 0.347. The second kappa shape index (κ2) is 3.68. The van der Waals surface area contributed by atoms with Crippen molar-refractivity contribution in [2.24, 2.45) is 5.41 Å². The van der Waals surface area contributed by atoms with Crippen LogP contribution in [0.25, 0.3) is 0 Å². The topological polar surface area (TPSA) is 58.2 Å². The van der Waals surface area contributed by atoms with Gasteiger partial charge in [0, 0.05) is 12.6 Å². The van der Waals surface area contributed by atoms with E-state index in [1.54, 1.807) is 6.08 Å². The highest BCUT2D eigenvalue weighted by Gasteiger charge is 2.56. The quantitative estimate of drug-likeness (QED) is 0.506. The van der Waals surface area contributed by atoms with Gasteiger partial charge in [0.15, 0.2) is 0 Å². The molecule has 0 unspecified atom stereocenters. The number of nitrogens with one attached hydrogen (secondary N) is 2. The number of amides is 2. The third kappa shape index (κ3) is 2.03. The standard InChI is InChI=1S/C11H16N2O2/c1-2-7-12-9(14)11(5-6-11)10(15)13-8-3-4-8/h2,8H,1,3-7H2,(H,12,14)(H,13,15). The van der Waals surface area contributed by atoms with Crippen molar-refractivity contribution in [2.75, 3.05) is 6.54 Å². The smallest absolute Gasteiger partial charge is 0.235 e. The summed E-state index contributed by atoms with van der Waals surface area (Å²) in [7, 11) is 0. The molecule has 0 radical (unpaired) electrons. The first-order valence-electron chi connectivity index (χ1n) is 5.39. The van der Waals surface area contributed by atoms with Gasteiger partial charge in [-0.25, -0.2) is 0 Å². The van der Waals surface area contributed by atoms with Crippen LogP contribution < -0.4 is 10.6 Å². The Hall–Kier alpha value is -1.32. The number of hydrogen-bond acceptors (Lipinski definition) is 2. The number of carbonyl (C=O) groups is 2. The molecule has 15 heavy (non-hydrogen) atoms. The van der Waals surface area contributed by atoms with Crippen molar-refractivity contribution in [3.63, 3.8) is 0 Å². The number of carbonyl (C=O) groups excluding carboxylic acids is 2. The van der Waals surface area contributed by atoms with Crippen LogP contribution in [0.1, 0.15) is 25.7 Å². The van der Waals surface area contributed by atoms with E-state index in [1.807, 2.05) is 0 Å². The maximum atomic E-state index is 11.8. The molecule has 2 amide bonds. The summed E-state index contributed by atoms with van der Waals surface area (Å²) in [6.45, 7) is 3.95. The largest absolute Gasteiger partial charge is 0.352 e. The van der Waals surface area contributed by atoms with Crippen LogP contribution in [0.5, 0.6) is 0 Å². The molecule has 0 bridgehead atoms. The zero-order valence-corrected chi connectivity index (χ0v) is 8.71. The van der Waals surface area contributed by atoms with Gasteiger partial charge in [0.05, 0.1) is 0 Å². The highest BCUT2D eigenvalue weighted by Crippen LogP contribution is 2.46. The Labute approximate surface area is 89.1 Å². The van der Waals surface area contributed by atoms with Crippen LogP contribution in [0.4, 0.5) is 0 Å². The third-order valence-electron chi connectivity index (χ3n) is 2.94. The first kappa shape index (κ1) is 10.2. The molecule has 0 atom stereocenters. The average molecular weight is 208 g/mol. The summed E-state index contributed by atoms with van der Waals surface area (Å²) in [5.41, 5.74) is -0.758. The van der Waals surface area contributed by atoms with Crippen molar-refractivity contribution in [3.8, 4) is 0 Å². The maximum absolute atomic E-state index is 11.8. The van der Waals surface area contributed by atoms with Crippen LogP contribution in [-0.2, 0) is 9.59 Å². The minimum absolute atomic E-state index is 0.0911. The summed E-state index contributed by atoms with van der Waals surface area (Å²) in [5.74, 6) is -0.243. The Morgan fingerprint density at radius 1 is 1.33 bits per heavy atom. The Morgan fingerprint density at radius 2 is 2.00 bits per heavy atom. The fourth-order valence-corrected chi connectivity index (χ4v) is 1.57. The molecule has 0 aromatic rings. The lowest BCUT2D eigenvalue weighted by Crippen LogP contribution is -2.43. The minimum atomic E-state index is -0.758. The van der Waals surface area contributed by atoms with Crippen LogP contribution in [0, 0.1) is 5.41 Å². The molecule has 2 aliphatic carbocycles. The molecule has 2 aliphatic rings. The van der Waals surface area contributed by atoms with Gasteiger partial charge in [-0.1, -0.05) is 6.08 Å². The molecular weight excluding hydrogens is 192 g/mol. The minimum Gasteiger partial charge on any atom is -0.352 e. The fourth-order valence-electron chi connectivity index (χ4n) is 1.57. The van der Waals surface area contributed by atoms with Crippen LogP contribution in [0.3, 0.4) is 0 Å². The van der Waals surface area contributed by atoms with Crippen LogP contribution in [0.15, 0.2) is 12.7 Å². The van der Waals surface area contributed by atoms with Crippen LogP contribution in [-0.4, -0.2) is 24.4 Å². The molecular formula is C11H16N2O2. The third-order valence-corrected chi connectivity index (χ3v) is 2.94. The van der Waals surface area contributed by atoms with Gasteiger partial charge in [-0.05, 0) is 25.7 Å². The van der Waals surface area contributed by atoms with E-state index in [0.717, 1.165) is 12.8 Å². The zero-order chi connectivity index (χ0) is 10.9. The van der Waals surface area contributed by atoms with Gasteiger partial charge in [-0.2, -0.15) is 0 Å². The summed E-state index contributed by atoms with van der Waals surface area (Å²) < 4.78 is 0. The average Bonchev–Trinajstić information content (AvgIpc) is 3.05. The molecule has 0 spiro atoms. The number of hydrogen-bond donors (Lipinski definition) is 2. The van der Waals surface area contributed by atoms with Crippen molar-refractivity contribution < 1.29 is 9.59 Å². The fraction of sp³-hybridized carbons (Fsp3) is 0.636. The summed E-state index contributed by atoms with van der Waals surface area (Å²) in [4.78, 5) is 23.5. The molecule has 0 saturated heterocycles. The second-order valence-corrected chi connectivity index (χ2v) is 4.33. The van der Waals surface area contributed by atoms with E-state index in [4.69, 9.17) is 0 Å². The normalized spacial score (nSPS) is 21.6. The van der Waals surface area contributed by atoms with Crippen molar-refractivity contribution in [1.82, 2.24) is 10.6 Å². The lowest BCUT2D eigenvalue weighted by atomic mass is 10.1. The molecule has 2 fully saturated rings. The highest BCUT2D eigenvalue weighted by molar-refractivity contribution is 6.08. The highest BCUT2D eigenvalue weighted by atomic mass is 16.2. The molecule has 0 aromatic carbocycles. The van der Waals surface area contributed by atoms with Crippen molar-refractivity contribution in [3.05, 3.63) is 12.7 Å². The van der Waals surface area contributed by atoms with Crippen LogP contribution >= 0.6 is 0 Å². The Kier molecular flexibility index (Phi) is 2.50. The van der Waals surface area contributed by atoms with Crippen LogP contribution in [0.2, 0.25) is 0 Å². The Bertz CT molecular complexity index is 304. The SMILES string of the molecule is C=CCNC(=O)C1(C(=O)NC2CC2)CC1. The van der Waals surface area contributed by atoms with Gasteiger partial charge < -0.3 is 10.6 Å². The molecule has 0 aromatic heterocycles. The van der Waals surface area contributed by atoms with E-state index in [9.17, 15) is 9.59 Å². The molecule has 0 aliphatic heterocycles. The molecule has 82 valence electrons. The van der Waals surface area contributed by atoms with E-state index < -0.39 is 5.41 Å². The monoisotopic (exact) mass is 208 g/mol. The first-order chi connectivity index (χ1) is 7.19. The molecule has 2 rings (SSSR count). The lowest BCUT2D eigenvalue weighted by Gasteiger charge is -2.14. The second-order valence-electron chi connectivity index (χ2n) is 4.33. The lowest BCUT2D eigenvalue weighted by molar-refractivity contribution is -0.137. The molecule has 2 N–H and O–H groups in total. The molecule has 4 heteroatoms. The van der Waals surface area contributed by atoms with Gasteiger partial charge in [-0.3, -0.25) is 9.59 Å². The van der Waals surface area contributed by atoms with Crippen molar-refractivity contribution in [1.29, 1.82) is 0 Å². The summed E-state index contributed by atoms with van der Waals surface area (Å²) in [5, 5.41) is 5.58. The maximum Gasteiger partial charge on any atom is 0.235 e. The van der Waals surface area contributed by atoms with E-state index in [0.29, 0.717) is 25.4 Å². The van der Waals surface area contributed by atoms with E-state index in [1.165, 1.54) is 0 Å². The molecule has 4 nitrogen and oxygen atoms in total. The molecule has 0 heterocycles. The van der Waals surface area contributed by atoms with E-state index in [2.05, 4.69) is 17.2 Å². The van der Waals surface area contributed by atoms with E-state index >= 15 is 0 Å². The zero-order valence-electron chi connectivity index (χ0n) is 8.71.